The summed E-state index contributed by atoms with van der Waals surface area (Å²) in [6.07, 6.45) is 21.2. The van der Waals surface area contributed by atoms with E-state index in [9.17, 15) is 37.1 Å². The number of alkyl halides is 3. The number of fused-ring (bicyclic) bond motifs is 5. The lowest BCUT2D eigenvalue weighted by Gasteiger charge is -2.26. The lowest BCUT2D eigenvalue weighted by molar-refractivity contribution is -0.137. The number of ether oxygens (including phenoxy) is 1. The predicted molar refractivity (Wildman–Crippen MR) is 503 cm³/mol. The zero-order valence-electron chi connectivity index (χ0n) is 74.0. The van der Waals surface area contributed by atoms with Gasteiger partial charge in [-0.15, -0.1) is 0 Å². The summed E-state index contributed by atoms with van der Waals surface area (Å²) in [6.45, 7) is 19.5. The summed E-state index contributed by atoms with van der Waals surface area (Å²) < 4.78 is 54.0. The molecular weight excluding hydrogens is 1650 g/mol. The first-order valence-electron chi connectivity index (χ1n) is 45.1. The molecule has 0 atom stereocenters. The Labute approximate surface area is 754 Å². The monoisotopic (exact) mass is 1760 g/mol. The molecule has 0 saturated carbocycles. The van der Waals surface area contributed by atoms with Crippen LogP contribution in [0.25, 0.3) is 83.6 Å². The van der Waals surface area contributed by atoms with E-state index in [4.69, 9.17) is 16.3 Å². The van der Waals surface area contributed by atoms with E-state index in [0.29, 0.717) is 44.4 Å². The van der Waals surface area contributed by atoms with Crippen molar-refractivity contribution >= 4 is 96.3 Å². The van der Waals surface area contributed by atoms with Gasteiger partial charge in [0.1, 0.15) is 37.4 Å². The zero-order chi connectivity index (χ0) is 89.9. The molecule has 10 aromatic carbocycles. The molecule has 0 N–H and O–H groups in total. The van der Waals surface area contributed by atoms with Gasteiger partial charge in [-0.05, 0) is 283 Å². The molecule has 0 unspecified atom stereocenters. The van der Waals surface area contributed by atoms with Crippen molar-refractivity contribution in [1.29, 1.82) is 0 Å². The summed E-state index contributed by atoms with van der Waals surface area (Å²) in [7, 11) is 1.66. The average Bonchev–Trinajstić information content (AvgIpc) is 1.68. The Bertz CT molecular complexity index is 6360. The molecule has 129 heavy (non-hydrogen) atoms. The van der Waals surface area contributed by atoms with Crippen molar-refractivity contribution in [2.75, 3.05) is 72.6 Å². The number of hydrogen-bond acceptors (Lipinski definition) is 11. The van der Waals surface area contributed by atoms with Crippen LogP contribution in [-0.4, -0.2) is 174 Å². The number of imidazole rings is 5. The number of piperidine rings is 5. The van der Waals surface area contributed by atoms with E-state index in [1.54, 1.807) is 48.6 Å². The highest BCUT2D eigenvalue weighted by molar-refractivity contribution is 6.30. The van der Waals surface area contributed by atoms with Crippen LogP contribution in [0.4, 0.5) is 13.2 Å². The normalized spacial score (nSPS) is 15.0. The number of rotatable bonds is 12. The molecule has 5 saturated heterocycles. The first-order valence-corrected chi connectivity index (χ1v) is 45.5. The van der Waals surface area contributed by atoms with Crippen molar-refractivity contribution in [3.8, 4) is 34.2 Å². The molecule has 5 aliphatic heterocycles. The van der Waals surface area contributed by atoms with Gasteiger partial charge in [-0.3, -0.25) is 46.8 Å². The first kappa shape index (κ1) is 89.2. The van der Waals surface area contributed by atoms with Gasteiger partial charge in [0.25, 0.3) is 29.5 Å². The van der Waals surface area contributed by atoms with Gasteiger partial charge in [-0.1, -0.05) is 88.7 Å². The van der Waals surface area contributed by atoms with Crippen LogP contribution in [0.3, 0.4) is 0 Å². The number of likely N-dealkylation sites (tertiary alicyclic amines) is 5. The summed E-state index contributed by atoms with van der Waals surface area (Å²) in [5.41, 5.74) is 18.6. The average molecular weight is 1760 g/mol. The Morgan fingerprint density at radius 2 is 0.581 bits per heavy atom. The quantitative estimate of drug-likeness (QED) is 0.113. The third kappa shape index (κ3) is 20.8. The molecular formula is C104H109ClF3N15O6. The van der Waals surface area contributed by atoms with E-state index in [2.05, 4.69) is 117 Å². The van der Waals surface area contributed by atoms with E-state index in [1.165, 1.54) is 49.2 Å². The Balaban J connectivity index is 0.000000118. The number of amides is 5. The van der Waals surface area contributed by atoms with Crippen molar-refractivity contribution < 1.29 is 41.9 Å². The third-order valence-corrected chi connectivity index (χ3v) is 25.1. The molecule has 10 heterocycles. The molecule has 0 spiro atoms. The standard InChI is InChI=1S/C23H27N3O.C22H25N3O.C20H18F3N3O.C20H21N3O2.C19H18ClN3O/c1-23(2,3)18-8-7-9-19(15-18)26-16-24-20-14-17(10-11-21(20)26)22(27)25-12-5-4-6-13-25;1-16(2)17-7-6-8-19(13-17)25-15-23-20-14-18(9-10-21(20)25)22(26)24-11-4-3-5-12-24;21-20(22,23)15-5-4-6-16(12-15)26-13-24-17-11-14(7-8-18(17)26)19(27)25-9-2-1-3-10-25;1-25-17-7-5-6-16(13-17)23-14-21-18-12-15(8-9-19(18)23)20(24)22-10-3-2-4-11-22;20-15-5-4-6-16(12-15)23-13-21-17-11-14(7-8-18(17)23)19(24)22-9-2-1-3-10-22/h7-11,14-16H,4-6,12-13H2,1-3H3;6-10,13-16H,3-5,11-12H2,1-2H3;4-8,11-13H,1-3,9-10H2;5-9,12-14H,2-4,10-11H2,1H3;4-8,11-13H,1-3,9-10H2. The summed E-state index contributed by atoms with van der Waals surface area (Å²) in [5, 5.41) is 0.686. The number of halogens is 4. The van der Waals surface area contributed by atoms with Gasteiger partial charge < -0.3 is 29.2 Å². The number of carbonyl (C=O) groups excluding carboxylic acids is 5. The lowest BCUT2D eigenvalue weighted by atomic mass is 9.87. The van der Waals surface area contributed by atoms with Gasteiger partial charge in [0.05, 0.1) is 73.5 Å². The Morgan fingerprint density at radius 1 is 0.318 bits per heavy atom. The maximum Gasteiger partial charge on any atom is 0.416 e. The lowest BCUT2D eigenvalue weighted by Crippen LogP contribution is -2.35. The van der Waals surface area contributed by atoms with Crippen LogP contribution in [-0.2, 0) is 11.6 Å². The van der Waals surface area contributed by atoms with Crippen LogP contribution in [0.5, 0.6) is 5.75 Å². The number of benzene rings is 10. The van der Waals surface area contributed by atoms with E-state index in [0.717, 1.165) is 232 Å². The largest absolute Gasteiger partial charge is 0.497 e. The molecule has 0 radical (unpaired) electrons. The van der Waals surface area contributed by atoms with Crippen LogP contribution in [0.2, 0.25) is 5.02 Å². The smallest absolute Gasteiger partial charge is 0.416 e. The minimum absolute atomic E-state index is 0.0229. The fourth-order valence-corrected chi connectivity index (χ4v) is 17.7. The van der Waals surface area contributed by atoms with Crippen LogP contribution >= 0.6 is 11.6 Å². The topological polar surface area (TPSA) is 200 Å². The van der Waals surface area contributed by atoms with Gasteiger partial charge >= 0.3 is 6.18 Å². The predicted octanol–water partition coefficient (Wildman–Crippen LogP) is 22.4. The van der Waals surface area contributed by atoms with Crippen molar-refractivity contribution in [2.45, 2.75) is 148 Å². The van der Waals surface area contributed by atoms with Crippen LogP contribution in [0.1, 0.15) is 205 Å². The molecule has 5 aromatic heterocycles. The summed E-state index contributed by atoms with van der Waals surface area (Å²) in [5.74, 6) is 1.73. The highest BCUT2D eigenvalue weighted by Crippen LogP contribution is 2.35. The third-order valence-electron chi connectivity index (χ3n) is 24.9. The van der Waals surface area contributed by atoms with Crippen molar-refractivity contribution in [3.05, 3.63) is 293 Å². The molecule has 5 amide bonds. The minimum atomic E-state index is -4.40. The number of methoxy groups -OCH3 is 1. The van der Waals surface area contributed by atoms with E-state index in [-0.39, 0.29) is 35.0 Å². The highest BCUT2D eigenvalue weighted by atomic mass is 35.5. The van der Waals surface area contributed by atoms with Gasteiger partial charge in [-0.2, -0.15) is 13.2 Å². The molecule has 0 bridgehead atoms. The fraction of sp³-hybridized carbons (Fsp3) is 0.327. The van der Waals surface area contributed by atoms with E-state index >= 15 is 0 Å². The highest BCUT2D eigenvalue weighted by Gasteiger charge is 2.32. The Kier molecular flexibility index (Phi) is 27.6. The number of nitrogens with zero attached hydrogens (tertiary/aromatic N) is 15. The SMILES string of the molecule is CC(C)(C)c1cccc(-n2cnc3cc(C(=O)N4CCCCC4)ccc32)c1.CC(C)c1cccc(-n2cnc3cc(C(=O)N4CCCCC4)ccc32)c1.COc1cccc(-n2cnc3cc(C(=O)N4CCCCC4)ccc32)c1.O=C(c1ccc2c(c1)ncn2-c1cccc(C(F)(F)F)c1)N1CCCCC1.O=C(c1ccc2c(c1)ncn2-c1cccc(Cl)c1)N1CCCCC1. The second kappa shape index (κ2) is 40.0. The molecule has 21 nitrogen and oxygen atoms in total. The fourth-order valence-electron chi connectivity index (χ4n) is 17.5. The molecule has 664 valence electrons. The van der Waals surface area contributed by atoms with Crippen LogP contribution in [0, 0.1) is 0 Å². The van der Waals surface area contributed by atoms with Crippen molar-refractivity contribution in [2.24, 2.45) is 0 Å². The van der Waals surface area contributed by atoms with Crippen molar-refractivity contribution in [1.82, 2.24) is 72.3 Å². The Morgan fingerprint density at radius 3 is 0.868 bits per heavy atom. The molecule has 25 heteroatoms. The van der Waals surface area contributed by atoms with E-state index in [1.807, 2.05) is 168 Å². The zero-order valence-corrected chi connectivity index (χ0v) is 74.8. The summed E-state index contributed by atoms with van der Waals surface area (Å²) in [6, 6.07) is 66.1. The van der Waals surface area contributed by atoms with Gasteiger partial charge in [-0.25, -0.2) is 24.9 Å². The van der Waals surface area contributed by atoms with Gasteiger partial charge in [0, 0.05) is 127 Å². The number of hydrogen-bond donors (Lipinski definition) is 0. The van der Waals surface area contributed by atoms with Crippen LogP contribution in [0.15, 0.2) is 244 Å². The summed E-state index contributed by atoms with van der Waals surface area (Å²) >= 11 is 6.08. The molecule has 5 fully saturated rings. The molecule has 20 rings (SSSR count). The number of aromatic nitrogens is 10. The minimum Gasteiger partial charge on any atom is -0.497 e. The van der Waals surface area contributed by atoms with Gasteiger partial charge in [0.2, 0.25) is 0 Å². The summed E-state index contributed by atoms with van der Waals surface area (Å²) in [4.78, 5) is 95.5. The molecule has 0 aliphatic carbocycles. The second-order valence-electron chi connectivity index (χ2n) is 35.1. The number of carbonyl (C=O) groups is 5. The first-order chi connectivity index (χ1) is 62.5. The van der Waals surface area contributed by atoms with Crippen molar-refractivity contribution in [3.63, 3.8) is 0 Å². The maximum absolute atomic E-state index is 13.0. The van der Waals surface area contributed by atoms with E-state index < -0.39 is 11.7 Å². The molecule has 5 aliphatic rings. The Hall–Kier alpha value is -13.2. The van der Waals surface area contributed by atoms with Gasteiger partial charge in [0.15, 0.2) is 0 Å². The maximum atomic E-state index is 13.0. The molecule has 15 aromatic rings. The second-order valence-corrected chi connectivity index (χ2v) is 35.6. The van der Waals surface area contributed by atoms with Crippen LogP contribution < -0.4 is 4.74 Å².